The fourth-order valence-corrected chi connectivity index (χ4v) is 2.54. The van der Waals surface area contributed by atoms with Crippen LogP contribution < -0.4 is 11.1 Å². The molecule has 0 aliphatic rings. The first-order chi connectivity index (χ1) is 9.01. The zero-order valence-corrected chi connectivity index (χ0v) is 11.5. The van der Waals surface area contributed by atoms with Crippen molar-refractivity contribution in [1.82, 2.24) is 4.98 Å². The van der Waals surface area contributed by atoms with Crippen molar-refractivity contribution in [2.75, 3.05) is 11.1 Å². The molecule has 0 saturated carbocycles. The molecule has 19 heavy (non-hydrogen) atoms. The number of thiazole rings is 1. The molecule has 0 saturated heterocycles. The van der Waals surface area contributed by atoms with Gasteiger partial charge in [0.15, 0.2) is 5.13 Å². The third kappa shape index (κ3) is 2.90. The molecule has 1 heterocycles. The highest BCUT2D eigenvalue weighted by atomic mass is 32.1. The fraction of sp³-hybridized carbons (Fsp3) is 0.231. The second-order valence-electron chi connectivity index (χ2n) is 4.07. The third-order valence-electron chi connectivity index (χ3n) is 2.71. The van der Waals surface area contributed by atoms with Crippen molar-refractivity contribution in [3.8, 4) is 0 Å². The van der Waals surface area contributed by atoms with Gasteiger partial charge >= 0.3 is 0 Å². The lowest BCUT2D eigenvalue weighted by molar-refractivity contribution is 0.102. The van der Waals surface area contributed by atoms with E-state index in [2.05, 4.69) is 10.3 Å². The van der Waals surface area contributed by atoms with Gasteiger partial charge < -0.3 is 5.73 Å². The van der Waals surface area contributed by atoms with Gasteiger partial charge in [-0.2, -0.15) is 0 Å². The molecule has 0 spiro atoms. The molecule has 0 unspecified atom stereocenters. The summed E-state index contributed by atoms with van der Waals surface area (Å²) < 4.78 is 13.3. The number of rotatable bonds is 3. The summed E-state index contributed by atoms with van der Waals surface area (Å²) >= 11 is 1.41. The van der Waals surface area contributed by atoms with Gasteiger partial charge in [0.1, 0.15) is 5.82 Å². The van der Waals surface area contributed by atoms with Crippen LogP contribution >= 0.6 is 11.3 Å². The first-order valence-corrected chi connectivity index (χ1v) is 6.65. The number of hydrogen-bond acceptors (Lipinski definition) is 4. The second kappa shape index (κ2) is 5.36. The molecule has 6 heteroatoms. The number of nitrogens with one attached hydrogen (secondary N) is 1. The minimum absolute atomic E-state index is 0.0231. The van der Waals surface area contributed by atoms with Crippen LogP contribution in [0.1, 0.15) is 27.9 Å². The number of aromatic nitrogens is 1. The lowest BCUT2D eigenvalue weighted by atomic mass is 10.2. The molecule has 0 aliphatic carbocycles. The van der Waals surface area contributed by atoms with Crippen LogP contribution in [0.2, 0.25) is 0 Å². The number of halogens is 1. The number of nitrogens with zero attached hydrogens (tertiary/aromatic N) is 1. The number of nitrogens with two attached hydrogens (primary N) is 1. The third-order valence-corrected chi connectivity index (χ3v) is 3.64. The Kier molecular flexibility index (Phi) is 3.80. The average Bonchev–Trinajstić information content (AvgIpc) is 2.72. The molecular weight excluding hydrogens is 265 g/mol. The topological polar surface area (TPSA) is 68.0 Å². The van der Waals surface area contributed by atoms with Crippen molar-refractivity contribution < 1.29 is 9.18 Å². The van der Waals surface area contributed by atoms with E-state index in [1.165, 1.54) is 23.5 Å². The van der Waals surface area contributed by atoms with E-state index in [0.717, 1.165) is 23.1 Å². The molecular formula is C13H14FN3OS. The van der Waals surface area contributed by atoms with Gasteiger partial charge in [0.2, 0.25) is 0 Å². The van der Waals surface area contributed by atoms with Crippen LogP contribution in [0.3, 0.4) is 0 Å². The summed E-state index contributed by atoms with van der Waals surface area (Å²) in [7, 11) is 0. The van der Waals surface area contributed by atoms with E-state index in [4.69, 9.17) is 5.73 Å². The van der Waals surface area contributed by atoms with Crippen LogP contribution in [0.25, 0.3) is 0 Å². The van der Waals surface area contributed by atoms with E-state index in [1.807, 2.05) is 13.8 Å². The Morgan fingerprint density at radius 3 is 2.84 bits per heavy atom. The summed E-state index contributed by atoms with van der Waals surface area (Å²) in [5.74, 6) is -0.993. The van der Waals surface area contributed by atoms with Gasteiger partial charge in [-0.3, -0.25) is 10.1 Å². The largest absolute Gasteiger partial charge is 0.396 e. The molecule has 100 valence electrons. The molecule has 2 aromatic rings. The van der Waals surface area contributed by atoms with Crippen LogP contribution in [-0.4, -0.2) is 10.9 Å². The van der Waals surface area contributed by atoms with Crippen molar-refractivity contribution in [3.05, 3.63) is 40.2 Å². The Bertz CT molecular complexity index is 624. The summed E-state index contributed by atoms with van der Waals surface area (Å²) in [4.78, 5) is 17.3. The molecule has 4 nitrogen and oxygen atoms in total. The summed E-state index contributed by atoms with van der Waals surface area (Å²) in [5, 5.41) is 3.19. The summed E-state index contributed by atoms with van der Waals surface area (Å²) in [6.45, 7) is 3.96. The number of nitrogen functional groups attached to an aromatic ring is 1. The Hall–Kier alpha value is -1.95. The molecule has 0 aliphatic heterocycles. The second-order valence-corrected chi connectivity index (χ2v) is 5.27. The van der Waals surface area contributed by atoms with E-state index >= 15 is 0 Å². The Morgan fingerprint density at radius 1 is 1.53 bits per heavy atom. The normalized spacial score (nSPS) is 10.5. The number of amides is 1. The number of benzene rings is 1. The molecule has 1 amide bonds. The first kappa shape index (κ1) is 13.5. The summed E-state index contributed by atoms with van der Waals surface area (Å²) in [5.41, 5.74) is 6.57. The SMILES string of the molecule is CCc1nc(NC(=O)c2ccc(N)c(F)c2)sc1C. The quantitative estimate of drug-likeness (QED) is 0.849. The maximum atomic E-state index is 13.3. The average molecular weight is 279 g/mol. The summed E-state index contributed by atoms with van der Waals surface area (Å²) in [6, 6.07) is 3.97. The van der Waals surface area contributed by atoms with Gasteiger partial charge in [-0.05, 0) is 31.5 Å². The van der Waals surface area contributed by atoms with Crippen LogP contribution in [-0.2, 0) is 6.42 Å². The number of anilines is 2. The van der Waals surface area contributed by atoms with Crippen molar-refractivity contribution in [3.63, 3.8) is 0 Å². The molecule has 1 aromatic heterocycles. The van der Waals surface area contributed by atoms with Crippen LogP contribution in [0.5, 0.6) is 0 Å². The monoisotopic (exact) mass is 279 g/mol. The fourth-order valence-electron chi connectivity index (χ4n) is 1.65. The Balaban J connectivity index is 2.18. The number of aryl methyl sites for hydroxylation is 2. The summed E-state index contributed by atoms with van der Waals surface area (Å²) in [6.07, 6.45) is 0.814. The van der Waals surface area contributed by atoms with Gasteiger partial charge in [-0.15, -0.1) is 11.3 Å². The molecule has 1 aromatic carbocycles. The first-order valence-electron chi connectivity index (χ1n) is 5.84. The van der Waals surface area contributed by atoms with E-state index in [1.54, 1.807) is 0 Å². The van der Waals surface area contributed by atoms with Crippen LogP contribution in [0, 0.1) is 12.7 Å². The van der Waals surface area contributed by atoms with Gasteiger partial charge in [0, 0.05) is 10.4 Å². The number of carbonyl (C=O) groups excluding carboxylic acids is 1. The maximum Gasteiger partial charge on any atom is 0.257 e. The number of hydrogen-bond donors (Lipinski definition) is 2. The smallest absolute Gasteiger partial charge is 0.257 e. The molecule has 0 atom stereocenters. The molecule has 0 bridgehead atoms. The Morgan fingerprint density at radius 2 is 2.26 bits per heavy atom. The van der Waals surface area contributed by atoms with Crippen molar-refractivity contribution >= 4 is 28.1 Å². The zero-order valence-electron chi connectivity index (χ0n) is 10.7. The van der Waals surface area contributed by atoms with E-state index in [-0.39, 0.29) is 11.3 Å². The lowest BCUT2D eigenvalue weighted by Crippen LogP contribution is -2.12. The highest BCUT2D eigenvalue weighted by Gasteiger charge is 2.12. The molecule has 0 fully saturated rings. The van der Waals surface area contributed by atoms with Gasteiger partial charge in [0.05, 0.1) is 11.4 Å². The van der Waals surface area contributed by atoms with Crippen molar-refractivity contribution in [1.29, 1.82) is 0 Å². The van der Waals surface area contributed by atoms with Crippen LogP contribution in [0.15, 0.2) is 18.2 Å². The highest BCUT2D eigenvalue weighted by Crippen LogP contribution is 2.23. The molecule has 3 N–H and O–H groups in total. The minimum Gasteiger partial charge on any atom is -0.396 e. The van der Waals surface area contributed by atoms with Gasteiger partial charge in [-0.25, -0.2) is 9.37 Å². The van der Waals surface area contributed by atoms with E-state index < -0.39 is 11.7 Å². The standard InChI is InChI=1S/C13H14FN3OS/c1-3-11-7(2)19-13(16-11)17-12(18)8-4-5-10(15)9(14)6-8/h4-6H,3,15H2,1-2H3,(H,16,17,18). The van der Waals surface area contributed by atoms with Crippen LogP contribution in [0.4, 0.5) is 15.2 Å². The van der Waals surface area contributed by atoms with E-state index in [0.29, 0.717) is 5.13 Å². The molecule has 2 rings (SSSR count). The van der Waals surface area contributed by atoms with Gasteiger partial charge in [0.25, 0.3) is 5.91 Å². The van der Waals surface area contributed by atoms with Crippen molar-refractivity contribution in [2.45, 2.75) is 20.3 Å². The Labute approximate surface area is 114 Å². The minimum atomic E-state index is -0.600. The maximum absolute atomic E-state index is 13.3. The predicted molar refractivity (Wildman–Crippen MR) is 75.0 cm³/mol. The van der Waals surface area contributed by atoms with E-state index in [9.17, 15) is 9.18 Å². The number of carbonyl (C=O) groups is 1. The predicted octanol–water partition coefficient (Wildman–Crippen LogP) is 2.99. The van der Waals surface area contributed by atoms with Gasteiger partial charge in [-0.1, -0.05) is 6.92 Å². The van der Waals surface area contributed by atoms with Crippen molar-refractivity contribution in [2.24, 2.45) is 0 Å². The molecule has 0 radical (unpaired) electrons. The zero-order chi connectivity index (χ0) is 14.0. The highest BCUT2D eigenvalue weighted by molar-refractivity contribution is 7.15. The lowest BCUT2D eigenvalue weighted by Gasteiger charge is -2.03.